The number of fused-ring (bicyclic) bond motifs is 2. The molecule has 4 rings (SSSR count). The summed E-state index contributed by atoms with van der Waals surface area (Å²) in [4.78, 5) is 13.0. The summed E-state index contributed by atoms with van der Waals surface area (Å²) in [5, 5.41) is 0. The van der Waals surface area contributed by atoms with Crippen LogP contribution in [0.3, 0.4) is 0 Å². The zero-order chi connectivity index (χ0) is 21.5. The zero-order valence-electron chi connectivity index (χ0n) is 16.6. The minimum absolute atomic E-state index is 0.0131. The summed E-state index contributed by atoms with van der Waals surface area (Å²) in [5.74, 6) is -2.00. The van der Waals surface area contributed by atoms with Gasteiger partial charge in [-0.15, -0.1) is 0 Å². The molecule has 1 aliphatic carbocycles. The molecule has 2 aromatic rings. The highest BCUT2D eigenvalue weighted by atomic mass is 32.2. The Balaban J connectivity index is 2.03. The number of ether oxygens (including phenoxy) is 4. The van der Waals surface area contributed by atoms with Gasteiger partial charge in [-0.25, -0.2) is 8.42 Å². The predicted octanol–water partition coefficient (Wildman–Crippen LogP) is 2.73. The normalized spacial score (nSPS) is 20.0. The summed E-state index contributed by atoms with van der Waals surface area (Å²) in [6.45, 7) is 0. The second-order valence-corrected chi connectivity index (χ2v) is 8.63. The highest BCUT2D eigenvalue weighted by molar-refractivity contribution is 7.96. The van der Waals surface area contributed by atoms with Gasteiger partial charge in [0.25, 0.3) is 5.79 Å². The van der Waals surface area contributed by atoms with Crippen LogP contribution in [0.5, 0.6) is 5.75 Å². The first kappa shape index (κ1) is 20.3. The molecular formula is C22H20O7S. The number of carbonyl (C=O) groups is 1. The topological polar surface area (TPSA) is 88.1 Å². The summed E-state index contributed by atoms with van der Waals surface area (Å²) < 4.78 is 49.3. The molecule has 0 unspecified atom stereocenters. The van der Waals surface area contributed by atoms with Gasteiger partial charge in [0.2, 0.25) is 15.6 Å². The number of methoxy groups -OCH3 is 3. The third kappa shape index (κ3) is 2.79. The first-order valence-corrected chi connectivity index (χ1v) is 10.6. The maximum atomic E-state index is 13.5. The van der Waals surface area contributed by atoms with Crippen molar-refractivity contribution in [1.82, 2.24) is 0 Å². The number of Topliss-reactive ketones (excluding diaryl/α,β-unsaturated/α-hetero) is 1. The number of benzene rings is 2. The summed E-state index contributed by atoms with van der Waals surface area (Å²) in [6.07, 6.45) is 0.236. The van der Waals surface area contributed by atoms with Crippen LogP contribution in [0.15, 0.2) is 76.0 Å². The highest BCUT2D eigenvalue weighted by Crippen LogP contribution is 2.46. The maximum Gasteiger partial charge on any atom is 0.276 e. The maximum absolute atomic E-state index is 13.5. The number of hydrogen-bond acceptors (Lipinski definition) is 7. The lowest BCUT2D eigenvalue weighted by atomic mass is 9.86. The third-order valence-corrected chi connectivity index (χ3v) is 7.02. The molecule has 2 aliphatic rings. The minimum Gasteiger partial charge on any atom is -0.496 e. The number of ketones is 1. The zero-order valence-corrected chi connectivity index (χ0v) is 17.4. The van der Waals surface area contributed by atoms with E-state index in [1.807, 2.05) is 0 Å². The molecule has 8 heteroatoms. The molecule has 2 aromatic carbocycles. The van der Waals surface area contributed by atoms with E-state index in [0.29, 0.717) is 22.6 Å². The molecule has 7 nitrogen and oxygen atoms in total. The van der Waals surface area contributed by atoms with Crippen LogP contribution in [0.25, 0.3) is 5.76 Å². The number of para-hydroxylation sites is 1. The number of carbonyl (C=O) groups excluding carboxylic acids is 1. The van der Waals surface area contributed by atoms with Gasteiger partial charge >= 0.3 is 0 Å². The molecule has 0 spiro atoms. The van der Waals surface area contributed by atoms with E-state index in [1.54, 1.807) is 42.5 Å². The smallest absolute Gasteiger partial charge is 0.276 e. The Morgan fingerprint density at radius 1 is 0.933 bits per heavy atom. The van der Waals surface area contributed by atoms with Crippen molar-refractivity contribution >= 4 is 21.4 Å². The Morgan fingerprint density at radius 3 is 2.20 bits per heavy atom. The molecular weight excluding hydrogens is 408 g/mol. The van der Waals surface area contributed by atoms with Crippen LogP contribution in [0.4, 0.5) is 0 Å². The predicted molar refractivity (Wildman–Crippen MR) is 108 cm³/mol. The van der Waals surface area contributed by atoms with Crippen LogP contribution in [0.1, 0.15) is 5.56 Å². The van der Waals surface area contributed by atoms with Gasteiger partial charge in [-0.3, -0.25) is 4.79 Å². The van der Waals surface area contributed by atoms with E-state index in [1.165, 1.54) is 39.5 Å². The van der Waals surface area contributed by atoms with Crippen molar-refractivity contribution < 1.29 is 32.2 Å². The lowest BCUT2D eigenvalue weighted by Crippen LogP contribution is -2.59. The van der Waals surface area contributed by atoms with Crippen molar-refractivity contribution in [3.8, 4) is 5.75 Å². The SMILES string of the molecule is COC1=C2C=C(S(=O)(=O)c3ccccc3)C(=O)C(OC)(OC)[C@H]2Oc2ccccc21. The second-order valence-electron chi connectivity index (χ2n) is 6.71. The third-order valence-electron chi connectivity index (χ3n) is 5.25. The molecule has 1 aliphatic heterocycles. The molecule has 0 saturated carbocycles. The lowest BCUT2D eigenvalue weighted by Gasteiger charge is -2.42. The molecule has 30 heavy (non-hydrogen) atoms. The van der Waals surface area contributed by atoms with Crippen LogP contribution in [0, 0.1) is 0 Å². The molecule has 1 heterocycles. The lowest BCUT2D eigenvalue weighted by molar-refractivity contribution is -0.231. The van der Waals surface area contributed by atoms with Crippen molar-refractivity contribution in [2.75, 3.05) is 21.3 Å². The summed E-state index contributed by atoms with van der Waals surface area (Å²) in [6, 6.07) is 14.8. The molecule has 0 radical (unpaired) electrons. The fraction of sp³-hybridized carbons (Fsp3) is 0.227. The largest absolute Gasteiger partial charge is 0.496 e. The first-order valence-electron chi connectivity index (χ1n) is 9.12. The fourth-order valence-corrected chi connectivity index (χ4v) is 5.22. The van der Waals surface area contributed by atoms with Crippen molar-refractivity contribution in [2.45, 2.75) is 16.8 Å². The van der Waals surface area contributed by atoms with E-state index in [2.05, 4.69) is 0 Å². The Labute approximate surface area is 174 Å². The summed E-state index contributed by atoms with van der Waals surface area (Å²) in [5.41, 5.74) is 0.975. The van der Waals surface area contributed by atoms with E-state index in [-0.39, 0.29) is 4.90 Å². The number of sulfone groups is 1. The van der Waals surface area contributed by atoms with Gasteiger partial charge in [-0.05, 0) is 30.3 Å². The molecule has 1 atom stereocenters. The van der Waals surface area contributed by atoms with E-state index in [9.17, 15) is 13.2 Å². The van der Waals surface area contributed by atoms with E-state index < -0.39 is 32.4 Å². The van der Waals surface area contributed by atoms with Crippen LogP contribution in [-0.2, 0) is 28.8 Å². The van der Waals surface area contributed by atoms with E-state index >= 15 is 0 Å². The Bertz CT molecular complexity index is 1160. The second kappa shape index (κ2) is 7.39. The Morgan fingerprint density at radius 2 is 1.57 bits per heavy atom. The molecule has 0 bridgehead atoms. The summed E-state index contributed by atoms with van der Waals surface area (Å²) >= 11 is 0. The fourth-order valence-electron chi connectivity index (χ4n) is 3.78. The van der Waals surface area contributed by atoms with Crippen molar-refractivity contribution in [2.24, 2.45) is 0 Å². The first-order chi connectivity index (χ1) is 14.4. The highest BCUT2D eigenvalue weighted by Gasteiger charge is 2.58. The van der Waals surface area contributed by atoms with Crippen LogP contribution in [0.2, 0.25) is 0 Å². The molecule has 0 amide bonds. The molecule has 0 fully saturated rings. The average Bonchev–Trinajstić information content (AvgIpc) is 2.78. The van der Waals surface area contributed by atoms with Gasteiger partial charge in [0.1, 0.15) is 16.4 Å². The van der Waals surface area contributed by atoms with Crippen molar-refractivity contribution in [1.29, 1.82) is 0 Å². The van der Waals surface area contributed by atoms with Gasteiger partial charge in [0, 0.05) is 19.8 Å². The molecule has 0 aromatic heterocycles. The van der Waals surface area contributed by atoms with Gasteiger partial charge in [0.05, 0.1) is 17.6 Å². The van der Waals surface area contributed by atoms with E-state index in [0.717, 1.165) is 0 Å². The van der Waals surface area contributed by atoms with Gasteiger partial charge in [-0.2, -0.15) is 0 Å². The van der Waals surface area contributed by atoms with Crippen LogP contribution >= 0.6 is 0 Å². The summed E-state index contributed by atoms with van der Waals surface area (Å²) in [7, 11) is -0.143. The van der Waals surface area contributed by atoms with Crippen LogP contribution < -0.4 is 4.74 Å². The van der Waals surface area contributed by atoms with E-state index in [4.69, 9.17) is 18.9 Å². The van der Waals surface area contributed by atoms with Gasteiger partial charge in [-0.1, -0.05) is 30.3 Å². The molecule has 156 valence electrons. The van der Waals surface area contributed by atoms with Crippen LogP contribution in [-0.4, -0.2) is 47.4 Å². The average molecular weight is 428 g/mol. The number of rotatable bonds is 5. The standard InChI is InChI=1S/C22H20O7S/c1-26-19-15-11-7-8-12-17(15)29-21-16(19)13-18(20(23)22(21,27-2)28-3)30(24,25)14-9-5-4-6-10-14/h4-13,21H,1-3H3/t21-/m0/s1. The minimum atomic E-state index is -4.16. The van der Waals surface area contributed by atoms with Gasteiger partial charge in [0.15, 0.2) is 6.10 Å². The Kier molecular flexibility index (Phi) is 5.01. The number of hydrogen-bond donors (Lipinski definition) is 0. The van der Waals surface area contributed by atoms with Gasteiger partial charge < -0.3 is 18.9 Å². The quantitative estimate of drug-likeness (QED) is 0.677. The molecule has 0 saturated heterocycles. The molecule has 0 N–H and O–H groups in total. The Hall–Kier alpha value is -2.94. The van der Waals surface area contributed by atoms with Crippen molar-refractivity contribution in [3.05, 3.63) is 76.7 Å². The van der Waals surface area contributed by atoms with Crippen molar-refractivity contribution in [3.63, 3.8) is 0 Å². The monoisotopic (exact) mass is 428 g/mol.